The fourth-order valence-electron chi connectivity index (χ4n) is 2.13. The van der Waals surface area contributed by atoms with E-state index < -0.39 is 10.8 Å². The first-order chi connectivity index (χ1) is 9.58. The number of rotatable bonds is 4. The van der Waals surface area contributed by atoms with E-state index in [0.717, 1.165) is 12.8 Å². The SMILES string of the molecule is CS(=O)c1cc(Cl)ccc1C(=O)c1cnoc1C1CC1. The fraction of sp³-hybridized carbons (Fsp3) is 0.286. The van der Waals surface area contributed by atoms with Gasteiger partial charge in [0.05, 0.1) is 27.5 Å². The van der Waals surface area contributed by atoms with E-state index in [2.05, 4.69) is 5.16 Å². The Morgan fingerprint density at radius 2 is 2.15 bits per heavy atom. The van der Waals surface area contributed by atoms with Gasteiger partial charge in [-0.2, -0.15) is 0 Å². The molecule has 1 fully saturated rings. The van der Waals surface area contributed by atoms with Crippen molar-refractivity contribution in [2.75, 3.05) is 6.26 Å². The van der Waals surface area contributed by atoms with Gasteiger partial charge in [-0.25, -0.2) is 0 Å². The molecule has 0 N–H and O–H groups in total. The highest BCUT2D eigenvalue weighted by atomic mass is 35.5. The van der Waals surface area contributed by atoms with Crippen LogP contribution in [0, 0.1) is 0 Å². The number of halogens is 1. The molecule has 20 heavy (non-hydrogen) atoms. The van der Waals surface area contributed by atoms with Crippen LogP contribution in [0.5, 0.6) is 0 Å². The molecule has 1 heterocycles. The van der Waals surface area contributed by atoms with E-state index >= 15 is 0 Å². The zero-order chi connectivity index (χ0) is 14.3. The van der Waals surface area contributed by atoms with Crippen LogP contribution in [0.15, 0.2) is 33.8 Å². The van der Waals surface area contributed by atoms with Crippen LogP contribution in [0.4, 0.5) is 0 Å². The first-order valence-corrected chi connectivity index (χ1v) is 8.13. The van der Waals surface area contributed by atoms with E-state index in [1.165, 1.54) is 12.5 Å². The van der Waals surface area contributed by atoms with Crippen molar-refractivity contribution < 1.29 is 13.5 Å². The summed E-state index contributed by atoms with van der Waals surface area (Å²) in [5, 5.41) is 4.18. The van der Waals surface area contributed by atoms with Gasteiger partial charge in [-0.1, -0.05) is 16.8 Å². The van der Waals surface area contributed by atoms with E-state index in [-0.39, 0.29) is 5.78 Å². The topological polar surface area (TPSA) is 60.2 Å². The lowest BCUT2D eigenvalue weighted by Gasteiger charge is -2.06. The van der Waals surface area contributed by atoms with Gasteiger partial charge in [-0.05, 0) is 31.0 Å². The van der Waals surface area contributed by atoms with Crippen molar-refractivity contribution in [2.24, 2.45) is 0 Å². The second-order valence-corrected chi connectivity index (χ2v) is 6.59. The third kappa shape index (κ3) is 2.43. The summed E-state index contributed by atoms with van der Waals surface area (Å²) >= 11 is 5.91. The van der Waals surface area contributed by atoms with Gasteiger partial charge in [0.2, 0.25) is 0 Å². The minimum absolute atomic E-state index is 0.213. The monoisotopic (exact) mass is 309 g/mol. The minimum atomic E-state index is -1.29. The van der Waals surface area contributed by atoms with Crippen LogP contribution in [-0.2, 0) is 10.8 Å². The summed E-state index contributed by atoms with van der Waals surface area (Å²) < 4.78 is 17.0. The molecule has 0 radical (unpaired) electrons. The first-order valence-electron chi connectivity index (χ1n) is 6.20. The summed E-state index contributed by atoms with van der Waals surface area (Å²) in [6.45, 7) is 0. The Kier molecular flexibility index (Phi) is 3.48. The highest BCUT2D eigenvalue weighted by molar-refractivity contribution is 7.84. The molecule has 6 heteroatoms. The van der Waals surface area contributed by atoms with Crippen LogP contribution in [0.3, 0.4) is 0 Å². The van der Waals surface area contributed by atoms with Crippen LogP contribution in [0.1, 0.15) is 40.4 Å². The van der Waals surface area contributed by atoms with Crippen molar-refractivity contribution >= 4 is 28.2 Å². The molecule has 3 rings (SSSR count). The number of aromatic nitrogens is 1. The second-order valence-electron chi connectivity index (χ2n) is 4.80. The second kappa shape index (κ2) is 5.14. The lowest BCUT2D eigenvalue weighted by Crippen LogP contribution is -2.07. The van der Waals surface area contributed by atoms with Crippen molar-refractivity contribution in [1.82, 2.24) is 5.16 Å². The third-order valence-corrected chi connectivity index (χ3v) is 4.48. The number of nitrogens with zero attached hydrogens (tertiary/aromatic N) is 1. The van der Waals surface area contributed by atoms with Gasteiger partial charge in [-0.15, -0.1) is 0 Å². The minimum Gasteiger partial charge on any atom is -0.360 e. The summed E-state index contributed by atoms with van der Waals surface area (Å²) in [6, 6.07) is 4.79. The lowest BCUT2D eigenvalue weighted by molar-refractivity contribution is 0.103. The molecule has 1 unspecified atom stereocenters. The highest BCUT2D eigenvalue weighted by Gasteiger charge is 2.33. The number of hydrogen-bond acceptors (Lipinski definition) is 4. The average molecular weight is 310 g/mol. The van der Waals surface area contributed by atoms with Crippen molar-refractivity contribution in [3.63, 3.8) is 0 Å². The van der Waals surface area contributed by atoms with Gasteiger partial charge in [0.15, 0.2) is 11.5 Å². The van der Waals surface area contributed by atoms with Crippen molar-refractivity contribution in [1.29, 1.82) is 0 Å². The molecule has 1 atom stereocenters. The number of ketones is 1. The summed E-state index contributed by atoms with van der Waals surface area (Å²) in [5.74, 6) is 0.715. The van der Waals surface area contributed by atoms with Gasteiger partial charge in [0.25, 0.3) is 0 Å². The molecule has 1 aliphatic rings. The van der Waals surface area contributed by atoms with Gasteiger partial charge in [0.1, 0.15) is 0 Å². The van der Waals surface area contributed by atoms with Gasteiger partial charge in [0, 0.05) is 22.8 Å². The predicted molar refractivity (Wildman–Crippen MR) is 75.7 cm³/mol. The molecule has 1 saturated carbocycles. The lowest BCUT2D eigenvalue weighted by atomic mass is 10.0. The molecule has 104 valence electrons. The van der Waals surface area contributed by atoms with Gasteiger partial charge in [-0.3, -0.25) is 9.00 Å². The van der Waals surface area contributed by atoms with Gasteiger partial charge >= 0.3 is 0 Å². The molecule has 0 saturated heterocycles. The Labute approximate surface area is 123 Å². The number of benzene rings is 1. The molecule has 0 aliphatic heterocycles. The van der Waals surface area contributed by atoms with Crippen LogP contribution < -0.4 is 0 Å². The van der Waals surface area contributed by atoms with Crippen LogP contribution >= 0.6 is 11.6 Å². The normalized spacial score (nSPS) is 16.1. The zero-order valence-corrected chi connectivity index (χ0v) is 12.3. The molecule has 1 aliphatic carbocycles. The van der Waals surface area contributed by atoms with Crippen LogP contribution in [0.25, 0.3) is 0 Å². The molecule has 1 aromatic carbocycles. The van der Waals surface area contributed by atoms with Crippen LogP contribution in [0.2, 0.25) is 5.02 Å². The number of hydrogen-bond donors (Lipinski definition) is 0. The average Bonchev–Trinajstić information content (AvgIpc) is 3.15. The van der Waals surface area contributed by atoms with Crippen molar-refractivity contribution in [3.05, 3.63) is 46.3 Å². The smallest absolute Gasteiger partial charge is 0.199 e. The van der Waals surface area contributed by atoms with E-state index in [1.54, 1.807) is 18.2 Å². The van der Waals surface area contributed by atoms with Gasteiger partial charge < -0.3 is 4.52 Å². The predicted octanol–water partition coefficient (Wildman–Crippen LogP) is 3.17. The van der Waals surface area contributed by atoms with Crippen molar-refractivity contribution in [2.45, 2.75) is 23.7 Å². The standard InChI is InChI=1S/C14H12ClNO3S/c1-20(18)12-6-9(15)4-5-10(12)13(17)11-7-16-19-14(11)8-2-3-8/h4-8H,2-3H2,1H3. The number of carbonyl (C=O) groups excluding carboxylic acids is 1. The summed E-state index contributed by atoms with van der Waals surface area (Å²) in [5.41, 5.74) is 0.849. The number of carbonyl (C=O) groups is 1. The molecular formula is C14H12ClNO3S. The Balaban J connectivity index is 2.06. The molecule has 0 amide bonds. The quantitative estimate of drug-likeness (QED) is 0.814. The summed E-state index contributed by atoms with van der Waals surface area (Å²) in [6.07, 6.45) is 5.00. The highest BCUT2D eigenvalue weighted by Crippen LogP contribution is 2.42. The molecule has 4 nitrogen and oxygen atoms in total. The van der Waals surface area contributed by atoms with E-state index in [9.17, 15) is 9.00 Å². The Bertz CT molecular complexity index is 706. The van der Waals surface area contributed by atoms with Crippen LogP contribution in [-0.4, -0.2) is 21.4 Å². The molecule has 0 bridgehead atoms. The maximum absolute atomic E-state index is 12.6. The molecule has 1 aromatic heterocycles. The largest absolute Gasteiger partial charge is 0.360 e. The molecular weight excluding hydrogens is 298 g/mol. The van der Waals surface area contributed by atoms with E-state index in [4.69, 9.17) is 16.1 Å². The fourth-order valence-corrected chi connectivity index (χ4v) is 3.13. The Hall–Kier alpha value is -1.46. The Morgan fingerprint density at radius 1 is 1.40 bits per heavy atom. The zero-order valence-electron chi connectivity index (χ0n) is 10.8. The third-order valence-electron chi connectivity index (χ3n) is 3.29. The summed E-state index contributed by atoms with van der Waals surface area (Å²) in [7, 11) is -1.29. The maximum atomic E-state index is 12.6. The summed E-state index contributed by atoms with van der Waals surface area (Å²) in [4.78, 5) is 13.1. The first kappa shape index (κ1) is 13.5. The molecule has 0 spiro atoms. The van der Waals surface area contributed by atoms with Crippen molar-refractivity contribution in [3.8, 4) is 0 Å². The maximum Gasteiger partial charge on any atom is 0.199 e. The Morgan fingerprint density at radius 3 is 2.80 bits per heavy atom. The molecule has 2 aromatic rings. The van der Waals surface area contributed by atoms with E-state index in [0.29, 0.717) is 32.7 Å². The van der Waals surface area contributed by atoms with E-state index in [1.807, 2.05) is 0 Å².